The van der Waals surface area contributed by atoms with Crippen LogP contribution in [0.2, 0.25) is 5.02 Å². The monoisotopic (exact) mass is 226 g/mol. The van der Waals surface area contributed by atoms with Crippen molar-refractivity contribution in [2.75, 3.05) is 0 Å². The Balaban J connectivity index is 2.68. The van der Waals surface area contributed by atoms with Gasteiger partial charge in [-0.25, -0.2) is 4.68 Å². The minimum atomic E-state index is 0.359. The maximum atomic E-state index is 6.02. The van der Waals surface area contributed by atoms with Gasteiger partial charge in [-0.2, -0.15) is 5.21 Å². The highest BCUT2D eigenvalue weighted by Crippen LogP contribution is 2.20. The lowest BCUT2D eigenvalue weighted by atomic mass is 10.2. The fraction of sp³-hybridized carbons (Fsp3) is 0.125. The van der Waals surface area contributed by atoms with Gasteiger partial charge in [-0.05, 0) is 36.8 Å². The van der Waals surface area contributed by atoms with E-state index in [-0.39, 0.29) is 0 Å². The maximum absolute atomic E-state index is 6.02. The molecule has 0 unspecified atom stereocenters. The van der Waals surface area contributed by atoms with Gasteiger partial charge in [-0.1, -0.05) is 28.0 Å². The van der Waals surface area contributed by atoms with Gasteiger partial charge >= 0.3 is 0 Å². The Morgan fingerprint density at radius 2 is 2.29 bits per heavy atom. The maximum Gasteiger partial charge on any atom is 0.242 e. The van der Waals surface area contributed by atoms with E-state index < -0.39 is 0 Å². The zero-order chi connectivity index (χ0) is 10.1. The lowest BCUT2D eigenvalue weighted by Crippen LogP contribution is -1.98. The summed E-state index contributed by atoms with van der Waals surface area (Å²) in [5, 5.41) is 10.5. The predicted molar refractivity (Wildman–Crippen MR) is 56.3 cm³/mol. The molecule has 0 radical (unpaired) electrons. The third-order valence-corrected chi connectivity index (χ3v) is 2.40. The number of rotatable bonds is 1. The average Bonchev–Trinajstić information content (AvgIpc) is 2.56. The number of hydrogen-bond donors (Lipinski definition) is 1. The summed E-state index contributed by atoms with van der Waals surface area (Å²) in [4.78, 5) is 0. The van der Waals surface area contributed by atoms with E-state index >= 15 is 0 Å². The molecule has 0 saturated heterocycles. The van der Waals surface area contributed by atoms with E-state index in [1.54, 1.807) is 4.68 Å². The first kappa shape index (κ1) is 9.36. The molecule has 0 fully saturated rings. The molecular weight excluding hydrogens is 220 g/mol. The van der Waals surface area contributed by atoms with Gasteiger partial charge in [0.25, 0.3) is 0 Å². The van der Waals surface area contributed by atoms with Crippen LogP contribution in [-0.4, -0.2) is 20.2 Å². The van der Waals surface area contributed by atoms with E-state index in [2.05, 4.69) is 15.5 Å². The molecule has 0 saturated carbocycles. The Hall–Kier alpha value is -1.20. The smallest absolute Gasteiger partial charge is 0.208 e. The molecule has 14 heavy (non-hydrogen) atoms. The van der Waals surface area contributed by atoms with E-state index in [1.165, 1.54) is 0 Å². The molecule has 6 heteroatoms. The first-order valence-corrected chi connectivity index (χ1v) is 4.74. The van der Waals surface area contributed by atoms with Crippen molar-refractivity contribution in [3.63, 3.8) is 0 Å². The first-order valence-electron chi connectivity index (χ1n) is 3.95. The normalized spacial score (nSPS) is 10.4. The molecule has 0 amide bonds. The van der Waals surface area contributed by atoms with Gasteiger partial charge in [0.15, 0.2) is 0 Å². The van der Waals surface area contributed by atoms with Crippen molar-refractivity contribution in [1.82, 2.24) is 20.2 Å². The second-order valence-electron chi connectivity index (χ2n) is 2.87. The topological polar surface area (TPSA) is 46.5 Å². The second-order valence-corrected chi connectivity index (χ2v) is 3.65. The molecule has 1 aromatic carbocycles. The number of nitrogens with zero attached hydrogens (tertiary/aromatic N) is 3. The van der Waals surface area contributed by atoms with Crippen LogP contribution >= 0.6 is 23.8 Å². The molecule has 0 aliphatic carbocycles. The third kappa shape index (κ3) is 1.56. The fourth-order valence-corrected chi connectivity index (χ4v) is 1.53. The summed E-state index contributed by atoms with van der Waals surface area (Å²) in [6.07, 6.45) is 0. The van der Waals surface area contributed by atoms with Crippen molar-refractivity contribution in [3.8, 4) is 5.69 Å². The molecule has 2 rings (SSSR count). The largest absolute Gasteiger partial charge is 0.242 e. The van der Waals surface area contributed by atoms with Crippen LogP contribution in [0.3, 0.4) is 0 Å². The van der Waals surface area contributed by atoms with Gasteiger partial charge in [-0.3, -0.25) is 0 Å². The van der Waals surface area contributed by atoms with Gasteiger partial charge in [0.1, 0.15) is 0 Å². The number of benzene rings is 1. The molecule has 1 N–H and O–H groups in total. The zero-order valence-corrected chi connectivity index (χ0v) is 8.93. The van der Waals surface area contributed by atoms with Gasteiger partial charge in [0, 0.05) is 0 Å². The van der Waals surface area contributed by atoms with E-state index in [4.69, 9.17) is 23.8 Å². The second kappa shape index (κ2) is 3.51. The summed E-state index contributed by atoms with van der Waals surface area (Å²) in [6.45, 7) is 1.98. The van der Waals surface area contributed by atoms with E-state index in [0.717, 1.165) is 11.3 Å². The molecule has 0 bridgehead atoms. The summed E-state index contributed by atoms with van der Waals surface area (Å²) in [5.41, 5.74) is 1.86. The van der Waals surface area contributed by atoms with Gasteiger partial charge in [0.2, 0.25) is 4.77 Å². The van der Waals surface area contributed by atoms with Gasteiger partial charge in [-0.15, -0.1) is 0 Å². The van der Waals surface area contributed by atoms with E-state index in [0.29, 0.717) is 9.79 Å². The molecule has 0 aliphatic heterocycles. The summed E-state index contributed by atoms with van der Waals surface area (Å²) in [6, 6.07) is 5.66. The van der Waals surface area contributed by atoms with Gasteiger partial charge < -0.3 is 0 Å². The molecule has 0 spiro atoms. The molecule has 0 atom stereocenters. The Morgan fingerprint density at radius 3 is 2.93 bits per heavy atom. The minimum Gasteiger partial charge on any atom is -0.208 e. The molecule has 1 heterocycles. The summed E-state index contributed by atoms with van der Waals surface area (Å²) >= 11 is 11.0. The molecule has 4 nitrogen and oxygen atoms in total. The summed E-state index contributed by atoms with van der Waals surface area (Å²) in [5.74, 6) is 0. The number of hydrogen-bond acceptors (Lipinski definition) is 3. The van der Waals surface area contributed by atoms with Crippen LogP contribution < -0.4 is 0 Å². The SMILES string of the molecule is Cc1ccc(Cl)c(-n2[nH]nnc2=S)c1. The van der Waals surface area contributed by atoms with Crippen LogP contribution in [0.4, 0.5) is 0 Å². The molecular formula is C8H7ClN4S. The highest BCUT2D eigenvalue weighted by Gasteiger charge is 2.04. The summed E-state index contributed by atoms with van der Waals surface area (Å²) < 4.78 is 1.92. The van der Waals surface area contributed by atoms with Crippen LogP contribution in [0, 0.1) is 11.7 Å². The highest BCUT2D eigenvalue weighted by molar-refractivity contribution is 7.71. The average molecular weight is 227 g/mol. The van der Waals surface area contributed by atoms with Crippen molar-refractivity contribution in [2.24, 2.45) is 0 Å². The third-order valence-electron chi connectivity index (χ3n) is 1.81. The standard InChI is InChI=1S/C8H7ClN4S/c1-5-2-3-6(9)7(4-5)13-8(14)10-11-12-13/h2-4H,1H3,(H,10,12,14). The quantitative estimate of drug-likeness (QED) is 0.759. The highest BCUT2D eigenvalue weighted by atomic mass is 35.5. The van der Waals surface area contributed by atoms with Crippen LogP contribution in [-0.2, 0) is 0 Å². The Kier molecular flexibility index (Phi) is 2.35. The Bertz CT molecular complexity index is 516. The number of aromatic nitrogens is 4. The van der Waals surface area contributed by atoms with Gasteiger partial charge in [0.05, 0.1) is 10.7 Å². The number of nitrogens with one attached hydrogen (secondary N) is 1. The van der Waals surface area contributed by atoms with Crippen LogP contribution in [0.25, 0.3) is 5.69 Å². The van der Waals surface area contributed by atoms with Crippen LogP contribution in [0.1, 0.15) is 5.56 Å². The first-order chi connectivity index (χ1) is 6.68. The van der Waals surface area contributed by atoms with E-state index in [9.17, 15) is 0 Å². The summed E-state index contributed by atoms with van der Waals surface area (Å²) in [7, 11) is 0. The van der Waals surface area contributed by atoms with E-state index in [1.807, 2.05) is 25.1 Å². The number of tetrazole rings is 1. The number of H-pyrrole nitrogens is 1. The lowest BCUT2D eigenvalue weighted by Gasteiger charge is -2.04. The van der Waals surface area contributed by atoms with Crippen molar-refractivity contribution >= 4 is 23.8 Å². The van der Waals surface area contributed by atoms with Crippen molar-refractivity contribution in [3.05, 3.63) is 33.6 Å². The minimum absolute atomic E-state index is 0.359. The Morgan fingerprint density at radius 1 is 1.50 bits per heavy atom. The Labute approximate surface area is 90.5 Å². The van der Waals surface area contributed by atoms with Crippen LogP contribution in [0.15, 0.2) is 18.2 Å². The van der Waals surface area contributed by atoms with Crippen molar-refractivity contribution in [2.45, 2.75) is 6.92 Å². The number of aryl methyl sites for hydroxylation is 1. The molecule has 1 aromatic heterocycles. The predicted octanol–water partition coefficient (Wildman–Crippen LogP) is 2.29. The molecule has 72 valence electrons. The number of halogens is 1. The van der Waals surface area contributed by atoms with Crippen molar-refractivity contribution < 1.29 is 0 Å². The fourth-order valence-electron chi connectivity index (χ4n) is 1.15. The zero-order valence-electron chi connectivity index (χ0n) is 7.36. The molecule has 2 aromatic rings. The lowest BCUT2D eigenvalue weighted by molar-refractivity contribution is 0.785. The molecule has 0 aliphatic rings. The number of aromatic amines is 1. The van der Waals surface area contributed by atoms with Crippen molar-refractivity contribution in [1.29, 1.82) is 0 Å². The van der Waals surface area contributed by atoms with Crippen LogP contribution in [0.5, 0.6) is 0 Å².